The summed E-state index contributed by atoms with van der Waals surface area (Å²) in [6.45, 7) is 2.18. The molecule has 21 heavy (non-hydrogen) atoms. The first-order chi connectivity index (χ1) is 10.0. The van der Waals surface area contributed by atoms with E-state index >= 15 is 0 Å². The van der Waals surface area contributed by atoms with Crippen molar-refractivity contribution in [3.05, 3.63) is 0 Å². The van der Waals surface area contributed by atoms with Gasteiger partial charge in [0, 0.05) is 33.1 Å². The Balaban J connectivity index is 1.48. The third-order valence-corrected chi connectivity index (χ3v) is 5.74. The van der Waals surface area contributed by atoms with Gasteiger partial charge in [0.25, 0.3) is 0 Å². The van der Waals surface area contributed by atoms with Crippen LogP contribution in [0.2, 0.25) is 0 Å². The molecule has 0 radical (unpaired) electrons. The molecule has 1 saturated heterocycles. The van der Waals surface area contributed by atoms with Crippen LogP contribution in [-0.4, -0.2) is 53.6 Å². The van der Waals surface area contributed by atoms with Crippen molar-refractivity contribution in [2.45, 2.75) is 38.5 Å². The van der Waals surface area contributed by atoms with Gasteiger partial charge in [-0.05, 0) is 49.4 Å². The number of amides is 2. The molecule has 118 valence electrons. The number of carbonyl (C=O) groups is 2. The van der Waals surface area contributed by atoms with Gasteiger partial charge < -0.3 is 14.9 Å². The predicted molar refractivity (Wildman–Crippen MR) is 78.9 cm³/mol. The van der Waals surface area contributed by atoms with Crippen LogP contribution in [0.4, 0.5) is 4.79 Å². The minimum atomic E-state index is -0.760. The molecule has 3 aliphatic rings. The first-order valence-electron chi connectivity index (χ1n) is 8.24. The third kappa shape index (κ3) is 3.16. The van der Waals surface area contributed by atoms with Crippen molar-refractivity contribution in [3.8, 4) is 0 Å². The largest absolute Gasteiger partial charge is 0.481 e. The van der Waals surface area contributed by atoms with Gasteiger partial charge in [0.15, 0.2) is 0 Å². The van der Waals surface area contributed by atoms with Crippen molar-refractivity contribution < 1.29 is 14.7 Å². The Morgan fingerprint density at radius 2 is 2.05 bits per heavy atom. The van der Waals surface area contributed by atoms with Crippen LogP contribution in [0.1, 0.15) is 38.5 Å². The van der Waals surface area contributed by atoms with Crippen molar-refractivity contribution in [3.63, 3.8) is 0 Å². The van der Waals surface area contributed by atoms with E-state index in [1.807, 2.05) is 16.8 Å². The summed E-state index contributed by atoms with van der Waals surface area (Å²) in [6.07, 6.45) is 6.41. The van der Waals surface area contributed by atoms with E-state index in [0.717, 1.165) is 24.8 Å². The number of likely N-dealkylation sites (tertiary alicyclic amines) is 1. The molecule has 1 heterocycles. The zero-order valence-corrected chi connectivity index (χ0v) is 12.8. The van der Waals surface area contributed by atoms with Crippen molar-refractivity contribution in [1.82, 2.24) is 9.80 Å². The summed E-state index contributed by atoms with van der Waals surface area (Å²) >= 11 is 0. The van der Waals surface area contributed by atoms with E-state index in [9.17, 15) is 9.59 Å². The lowest BCUT2D eigenvalue weighted by atomic mass is 9.88. The second-order valence-electron chi connectivity index (χ2n) is 7.30. The Morgan fingerprint density at radius 1 is 1.24 bits per heavy atom. The van der Waals surface area contributed by atoms with E-state index in [1.54, 1.807) is 0 Å². The van der Waals surface area contributed by atoms with Crippen molar-refractivity contribution in [2.75, 3.05) is 26.7 Å². The van der Waals surface area contributed by atoms with Gasteiger partial charge in [-0.25, -0.2) is 4.79 Å². The molecule has 1 N–H and O–H groups in total. The number of aliphatic carboxylic acids is 1. The zero-order chi connectivity index (χ0) is 15.0. The number of urea groups is 1. The number of fused-ring (bicyclic) bond motifs is 2. The molecule has 3 fully saturated rings. The van der Waals surface area contributed by atoms with E-state index in [1.165, 1.54) is 25.7 Å². The first kappa shape index (κ1) is 14.7. The van der Waals surface area contributed by atoms with Gasteiger partial charge in [-0.2, -0.15) is 0 Å². The first-order valence-corrected chi connectivity index (χ1v) is 8.24. The predicted octanol–water partition coefficient (Wildman–Crippen LogP) is 2.27. The summed E-state index contributed by atoms with van der Waals surface area (Å²) in [5.41, 5.74) is 0. The molecule has 2 saturated carbocycles. The van der Waals surface area contributed by atoms with E-state index in [-0.39, 0.29) is 18.4 Å². The molecule has 5 nitrogen and oxygen atoms in total. The highest BCUT2D eigenvalue weighted by Gasteiger charge is 2.40. The summed E-state index contributed by atoms with van der Waals surface area (Å²) in [6, 6.07) is 0.0886. The standard InChI is InChI=1S/C16H26N2O3/c1-17(10-14-7-11-2-3-13(14)6-11)16(21)18-5-4-12(9-18)8-15(19)20/h11-14H,2-10H2,1H3,(H,19,20). The molecule has 0 aromatic carbocycles. The number of rotatable bonds is 4. The van der Waals surface area contributed by atoms with Gasteiger partial charge in [0.05, 0.1) is 0 Å². The van der Waals surface area contributed by atoms with Crippen LogP contribution in [0.25, 0.3) is 0 Å². The van der Waals surface area contributed by atoms with Crippen LogP contribution in [0.3, 0.4) is 0 Å². The van der Waals surface area contributed by atoms with E-state index < -0.39 is 5.97 Å². The minimum absolute atomic E-state index is 0.0886. The monoisotopic (exact) mass is 294 g/mol. The lowest BCUT2D eigenvalue weighted by Gasteiger charge is -2.30. The molecule has 4 atom stereocenters. The van der Waals surface area contributed by atoms with Crippen LogP contribution >= 0.6 is 0 Å². The molecule has 0 spiro atoms. The van der Waals surface area contributed by atoms with Crippen LogP contribution in [0, 0.1) is 23.7 Å². The molecule has 1 aliphatic heterocycles. The fraction of sp³-hybridized carbons (Fsp3) is 0.875. The number of carboxylic acids is 1. The molecule has 3 rings (SSSR count). The van der Waals surface area contributed by atoms with Gasteiger partial charge in [-0.15, -0.1) is 0 Å². The molecular weight excluding hydrogens is 268 g/mol. The molecule has 0 aromatic rings. The van der Waals surface area contributed by atoms with Crippen molar-refractivity contribution in [1.29, 1.82) is 0 Å². The highest BCUT2D eigenvalue weighted by Crippen LogP contribution is 2.48. The van der Waals surface area contributed by atoms with Crippen LogP contribution in [0.5, 0.6) is 0 Å². The van der Waals surface area contributed by atoms with Crippen LogP contribution in [-0.2, 0) is 4.79 Å². The average molecular weight is 294 g/mol. The SMILES string of the molecule is CN(CC1CC2CCC1C2)C(=O)N1CCC(CC(=O)O)C1. The number of hydrogen-bond acceptors (Lipinski definition) is 2. The average Bonchev–Trinajstić information content (AvgIpc) is 3.13. The Kier molecular flexibility index (Phi) is 4.09. The summed E-state index contributed by atoms with van der Waals surface area (Å²) in [7, 11) is 1.90. The smallest absolute Gasteiger partial charge is 0.319 e. The van der Waals surface area contributed by atoms with Crippen molar-refractivity contribution in [2.24, 2.45) is 23.7 Å². The number of nitrogens with zero attached hydrogens (tertiary/aromatic N) is 2. The molecular formula is C16H26N2O3. The Morgan fingerprint density at radius 3 is 2.67 bits per heavy atom. The van der Waals surface area contributed by atoms with Crippen LogP contribution in [0.15, 0.2) is 0 Å². The zero-order valence-electron chi connectivity index (χ0n) is 12.8. The Hall–Kier alpha value is -1.26. The second kappa shape index (κ2) is 5.85. The molecule has 4 unspecified atom stereocenters. The van der Waals surface area contributed by atoms with Gasteiger partial charge in [0.1, 0.15) is 0 Å². The van der Waals surface area contributed by atoms with Gasteiger partial charge >= 0.3 is 12.0 Å². The van der Waals surface area contributed by atoms with Crippen LogP contribution < -0.4 is 0 Å². The number of carbonyl (C=O) groups excluding carboxylic acids is 1. The number of carboxylic acid groups (broad SMARTS) is 1. The van der Waals surface area contributed by atoms with Crippen molar-refractivity contribution >= 4 is 12.0 Å². The number of hydrogen-bond donors (Lipinski definition) is 1. The topological polar surface area (TPSA) is 60.9 Å². The molecule has 0 aromatic heterocycles. The summed E-state index contributed by atoms with van der Waals surface area (Å²) in [4.78, 5) is 26.9. The fourth-order valence-corrected chi connectivity index (χ4v) is 4.69. The van der Waals surface area contributed by atoms with Gasteiger partial charge in [-0.1, -0.05) is 6.42 Å². The maximum Gasteiger partial charge on any atom is 0.319 e. The van der Waals surface area contributed by atoms with Gasteiger partial charge in [-0.3, -0.25) is 4.79 Å². The normalized spacial score (nSPS) is 34.4. The Labute approximate surface area is 126 Å². The van der Waals surface area contributed by atoms with E-state index in [4.69, 9.17) is 5.11 Å². The lowest BCUT2D eigenvalue weighted by molar-refractivity contribution is -0.138. The molecule has 2 aliphatic carbocycles. The summed E-state index contributed by atoms with van der Waals surface area (Å²) in [5.74, 6) is 1.81. The fourth-order valence-electron chi connectivity index (χ4n) is 4.69. The quantitative estimate of drug-likeness (QED) is 0.865. The maximum atomic E-state index is 12.5. The third-order valence-electron chi connectivity index (χ3n) is 5.74. The molecule has 2 bridgehead atoms. The van der Waals surface area contributed by atoms with Gasteiger partial charge in [0.2, 0.25) is 0 Å². The summed E-state index contributed by atoms with van der Waals surface area (Å²) in [5, 5.41) is 8.84. The molecule has 5 heteroatoms. The highest BCUT2D eigenvalue weighted by molar-refractivity contribution is 5.74. The lowest BCUT2D eigenvalue weighted by Crippen LogP contribution is -2.42. The van der Waals surface area contributed by atoms with E-state index in [2.05, 4.69) is 0 Å². The maximum absolute atomic E-state index is 12.5. The minimum Gasteiger partial charge on any atom is -0.481 e. The Bertz CT molecular complexity index is 426. The van der Waals surface area contributed by atoms with E-state index in [0.29, 0.717) is 19.0 Å². The molecule has 2 amide bonds. The second-order valence-corrected chi connectivity index (χ2v) is 7.30. The summed E-state index contributed by atoms with van der Waals surface area (Å²) < 4.78 is 0. The highest BCUT2D eigenvalue weighted by atomic mass is 16.4.